The number of rotatable bonds is 1. The van der Waals surface area contributed by atoms with Gasteiger partial charge in [-0.05, 0) is 0 Å². The molecule has 0 saturated heterocycles. The Morgan fingerprint density at radius 2 is 2.71 bits per heavy atom. The molecule has 0 amide bonds. The molecule has 38 valence electrons. The van der Waals surface area contributed by atoms with E-state index in [9.17, 15) is 0 Å². The van der Waals surface area contributed by atoms with Crippen LogP contribution < -0.4 is 0 Å². The summed E-state index contributed by atoms with van der Waals surface area (Å²) in [6.07, 6.45) is 0. The molecule has 0 aromatic carbocycles. The molecule has 0 spiro atoms. The molecule has 1 nitrogen and oxygen atoms in total. The molecule has 0 bridgehead atoms. The second-order valence-corrected chi connectivity index (χ2v) is 3.38. The Morgan fingerprint density at radius 3 is 3.00 bits per heavy atom. The summed E-state index contributed by atoms with van der Waals surface area (Å²) in [6, 6.07) is 0. The molecule has 0 aliphatic heterocycles. The first-order valence-corrected chi connectivity index (χ1v) is 5.37. The van der Waals surface area contributed by atoms with Gasteiger partial charge in [0.05, 0.1) is 0 Å². The van der Waals surface area contributed by atoms with Crippen molar-refractivity contribution in [2.24, 2.45) is 0 Å². The average molecular weight is 272 g/mol. The fourth-order valence-electron chi connectivity index (χ4n) is 0.304. The van der Waals surface area contributed by atoms with Crippen LogP contribution in [-0.2, 0) is 4.43 Å². The van der Waals surface area contributed by atoms with E-state index in [2.05, 4.69) is 32.5 Å². The van der Waals surface area contributed by atoms with Gasteiger partial charge in [-0.2, -0.15) is 0 Å². The van der Waals surface area contributed by atoms with Gasteiger partial charge in [0, 0.05) is 0 Å². The van der Waals surface area contributed by atoms with E-state index < -0.39 is 0 Å². The summed E-state index contributed by atoms with van der Waals surface area (Å²) < 4.78 is 1.07. The van der Waals surface area contributed by atoms with E-state index in [1.807, 2.05) is 5.07 Å². The van der Waals surface area contributed by atoms with Crippen molar-refractivity contribution in [2.45, 2.75) is 4.43 Å². The summed E-state index contributed by atoms with van der Waals surface area (Å²) in [6.45, 7) is 0. The fourth-order valence-corrected chi connectivity index (χ4v) is 2.56. The molecule has 1 aromatic rings. The molecule has 1 aromatic heterocycles. The van der Waals surface area contributed by atoms with E-state index >= 15 is 0 Å². The van der Waals surface area contributed by atoms with E-state index in [1.54, 1.807) is 0 Å². The summed E-state index contributed by atoms with van der Waals surface area (Å²) in [5.74, 6) is 0. The number of aromatic nitrogens is 1. The van der Waals surface area contributed by atoms with Gasteiger partial charge in [0.2, 0.25) is 0 Å². The van der Waals surface area contributed by atoms with Crippen LogP contribution in [0.25, 0.3) is 0 Å². The minimum atomic E-state index is 0.584. The maximum atomic E-state index is 4.11. The zero-order valence-electron chi connectivity index (χ0n) is 3.60. The quantitative estimate of drug-likeness (QED) is 0.423. The number of alkyl halides is 1. The van der Waals surface area contributed by atoms with Crippen molar-refractivity contribution >= 4 is 37.1 Å². The zero-order chi connectivity index (χ0) is 5.11. The number of hydrogen-bond donors (Lipinski definition) is 0. The van der Waals surface area contributed by atoms with Crippen LogP contribution in [0, 0.1) is 0 Å². The van der Waals surface area contributed by atoms with Crippen LogP contribution in [0.5, 0.6) is 0 Å². The van der Waals surface area contributed by atoms with Crippen molar-refractivity contribution in [3.63, 3.8) is 0 Å². The molecule has 7 heavy (non-hydrogen) atoms. The van der Waals surface area contributed by atoms with Gasteiger partial charge in [-0.25, -0.2) is 0 Å². The van der Waals surface area contributed by atoms with Crippen LogP contribution in [0.3, 0.4) is 0 Å². The predicted octanol–water partition coefficient (Wildman–Crippen LogP) is 1.07. The minimum absolute atomic E-state index is 0.584. The zero-order valence-corrected chi connectivity index (χ0v) is 7.47. The molecule has 0 N–H and O–H groups in total. The predicted molar refractivity (Wildman–Crippen MR) is 38.9 cm³/mol. The van der Waals surface area contributed by atoms with Crippen molar-refractivity contribution in [3.05, 3.63) is 15.7 Å². The fraction of sp³-hybridized carbons (Fsp3) is 0.250. The number of hydrogen-bond acceptors (Lipinski definition) is 1. The summed E-state index contributed by atoms with van der Waals surface area (Å²) in [5.41, 5.74) is 1.25. The topological polar surface area (TPSA) is 12.9 Å². The normalized spacial score (nSPS) is 9.29. The molecule has 0 aliphatic carbocycles. The van der Waals surface area contributed by atoms with Crippen LogP contribution >= 0.6 is 22.6 Å². The van der Waals surface area contributed by atoms with Crippen molar-refractivity contribution in [1.82, 2.24) is 4.98 Å². The van der Waals surface area contributed by atoms with Crippen molar-refractivity contribution in [3.8, 4) is 0 Å². The van der Waals surface area contributed by atoms with Crippen LogP contribution in [0.4, 0.5) is 0 Å². The van der Waals surface area contributed by atoms with Gasteiger partial charge >= 0.3 is 62.2 Å². The summed E-state index contributed by atoms with van der Waals surface area (Å²) in [5, 5.41) is 2.00. The summed E-state index contributed by atoms with van der Waals surface area (Å²) >= 11 is 2.90. The van der Waals surface area contributed by atoms with Gasteiger partial charge in [-0.15, -0.1) is 0 Å². The van der Waals surface area contributed by atoms with Gasteiger partial charge in [0.25, 0.3) is 0 Å². The van der Waals surface area contributed by atoms with Crippen LogP contribution in [0.1, 0.15) is 5.69 Å². The molecule has 1 rings (SSSR count). The Morgan fingerprint density at radius 1 is 1.86 bits per heavy atom. The van der Waals surface area contributed by atoms with E-state index in [0.29, 0.717) is 14.5 Å². The summed E-state index contributed by atoms with van der Waals surface area (Å²) in [7, 11) is 0. The Bertz CT molecular complexity index is 126. The SMILES string of the molecule is ICc1c[se]cn1. The van der Waals surface area contributed by atoms with Crippen LogP contribution in [0.15, 0.2) is 10.0 Å². The average Bonchev–Trinajstić information content (AvgIpc) is 2.14. The van der Waals surface area contributed by atoms with Gasteiger partial charge in [0.15, 0.2) is 0 Å². The second kappa shape index (κ2) is 2.84. The number of halogens is 1. The third-order valence-electron chi connectivity index (χ3n) is 0.620. The monoisotopic (exact) mass is 273 g/mol. The van der Waals surface area contributed by atoms with Crippen molar-refractivity contribution in [2.75, 3.05) is 0 Å². The van der Waals surface area contributed by atoms with Gasteiger partial charge < -0.3 is 0 Å². The Hall–Kier alpha value is 0.659. The molecular formula is C4H4INSe. The summed E-state index contributed by atoms with van der Waals surface area (Å²) in [4.78, 5) is 6.32. The van der Waals surface area contributed by atoms with E-state index in [4.69, 9.17) is 0 Å². The molecular weight excluding hydrogens is 268 g/mol. The first-order valence-electron chi connectivity index (χ1n) is 1.86. The first kappa shape index (κ1) is 5.79. The molecule has 0 unspecified atom stereocenters. The third kappa shape index (κ3) is 1.55. The Labute approximate surface area is 62.0 Å². The molecule has 0 fully saturated rings. The maximum absolute atomic E-state index is 4.11. The standard InChI is InChI=1S/C4H4INSe/c5-1-4-2-7-3-6-4/h2-3H,1H2. The Balaban J connectivity index is 2.76. The molecule has 0 radical (unpaired) electrons. The molecule has 0 saturated carbocycles. The molecule has 1 heterocycles. The molecule has 0 aliphatic rings. The van der Waals surface area contributed by atoms with E-state index in [1.165, 1.54) is 5.69 Å². The van der Waals surface area contributed by atoms with Gasteiger partial charge in [-0.1, -0.05) is 0 Å². The van der Waals surface area contributed by atoms with Crippen LogP contribution in [-0.4, -0.2) is 19.5 Å². The van der Waals surface area contributed by atoms with Crippen molar-refractivity contribution in [1.29, 1.82) is 0 Å². The van der Waals surface area contributed by atoms with E-state index in [0.717, 1.165) is 4.43 Å². The third-order valence-corrected chi connectivity index (χ3v) is 2.73. The second-order valence-electron chi connectivity index (χ2n) is 1.11. The molecule has 3 heteroatoms. The van der Waals surface area contributed by atoms with Gasteiger partial charge in [0.1, 0.15) is 0 Å². The first-order chi connectivity index (χ1) is 3.43. The van der Waals surface area contributed by atoms with Gasteiger partial charge in [-0.3, -0.25) is 0 Å². The Kier molecular flexibility index (Phi) is 2.35. The van der Waals surface area contributed by atoms with Crippen molar-refractivity contribution < 1.29 is 0 Å². The molecule has 0 atom stereocenters. The number of nitrogens with zero attached hydrogens (tertiary/aromatic N) is 1. The van der Waals surface area contributed by atoms with E-state index in [-0.39, 0.29) is 0 Å². The van der Waals surface area contributed by atoms with Crippen LogP contribution in [0.2, 0.25) is 0 Å².